The topological polar surface area (TPSA) is 85.1 Å². The third-order valence-electron chi connectivity index (χ3n) is 2.53. The lowest BCUT2D eigenvalue weighted by atomic mass is 10.3. The van der Waals surface area contributed by atoms with Gasteiger partial charge in [-0.15, -0.1) is 0 Å². The van der Waals surface area contributed by atoms with E-state index >= 15 is 0 Å². The third kappa shape index (κ3) is 3.07. The molecule has 2 rings (SSSR count). The van der Waals surface area contributed by atoms with Gasteiger partial charge in [0.15, 0.2) is 0 Å². The fraction of sp³-hybridized carbons (Fsp3) is 0.0833. The van der Waals surface area contributed by atoms with Gasteiger partial charge in [0.1, 0.15) is 15.3 Å². The summed E-state index contributed by atoms with van der Waals surface area (Å²) in [4.78, 5) is 3.81. The fourth-order valence-electron chi connectivity index (χ4n) is 1.59. The highest BCUT2D eigenvalue weighted by atomic mass is 79.9. The van der Waals surface area contributed by atoms with Gasteiger partial charge in [-0.3, -0.25) is 4.72 Å². The molecule has 0 radical (unpaired) electrons. The Morgan fingerprint density at radius 2 is 2.05 bits per heavy atom. The zero-order valence-corrected chi connectivity index (χ0v) is 12.8. The minimum absolute atomic E-state index is 0.153. The first-order chi connectivity index (χ1) is 9.29. The van der Waals surface area contributed by atoms with Crippen LogP contribution in [0.4, 0.5) is 15.8 Å². The maximum atomic E-state index is 12.9. The van der Waals surface area contributed by atoms with Gasteiger partial charge in [0.25, 0.3) is 10.0 Å². The number of benzene rings is 1. The Labute approximate surface area is 124 Å². The number of pyridine rings is 1. The highest BCUT2D eigenvalue weighted by molar-refractivity contribution is 9.10. The monoisotopic (exact) mass is 359 g/mol. The molecule has 1 aromatic heterocycles. The first kappa shape index (κ1) is 14.7. The molecule has 5 nitrogen and oxygen atoms in total. The van der Waals surface area contributed by atoms with E-state index in [1.54, 1.807) is 13.0 Å². The van der Waals surface area contributed by atoms with E-state index in [1.165, 1.54) is 6.20 Å². The van der Waals surface area contributed by atoms with E-state index in [2.05, 4.69) is 25.6 Å². The van der Waals surface area contributed by atoms with Crippen LogP contribution in [0.2, 0.25) is 0 Å². The van der Waals surface area contributed by atoms with Gasteiger partial charge in [0, 0.05) is 0 Å². The van der Waals surface area contributed by atoms with Gasteiger partial charge in [-0.2, -0.15) is 0 Å². The van der Waals surface area contributed by atoms with Crippen molar-refractivity contribution >= 4 is 37.3 Å². The average molecular weight is 360 g/mol. The number of sulfonamides is 1. The van der Waals surface area contributed by atoms with Crippen LogP contribution in [0.3, 0.4) is 0 Å². The Kier molecular flexibility index (Phi) is 3.96. The van der Waals surface area contributed by atoms with Crippen molar-refractivity contribution in [3.8, 4) is 0 Å². The summed E-state index contributed by atoms with van der Waals surface area (Å²) in [7, 11) is -3.89. The van der Waals surface area contributed by atoms with Crippen LogP contribution in [-0.4, -0.2) is 13.4 Å². The van der Waals surface area contributed by atoms with Crippen molar-refractivity contribution in [1.29, 1.82) is 0 Å². The second-order valence-corrected chi connectivity index (χ2v) is 6.52. The van der Waals surface area contributed by atoms with Crippen LogP contribution >= 0.6 is 15.9 Å². The fourth-order valence-corrected chi connectivity index (χ4v) is 2.95. The molecule has 0 amide bonds. The molecule has 0 unspecified atom stereocenters. The average Bonchev–Trinajstić information content (AvgIpc) is 2.33. The van der Waals surface area contributed by atoms with Crippen LogP contribution in [0.5, 0.6) is 0 Å². The zero-order chi connectivity index (χ0) is 14.9. The number of nitrogen functional groups attached to an aromatic ring is 1. The van der Waals surface area contributed by atoms with Crippen LogP contribution in [0.25, 0.3) is 0 Å². The van der Waals surface area contributed by atoms with Crippen molar-refractivity contribution in [2.24, 2.45) is 0 Å². The first-order valence-corrected chi connectivity index (χ1v) is 7.77. The number of nitrogens with two attached hydrogens (primary N) is 1. The maximum absolute atomic E-state index is 12.9. The molecule has 0 saturated heterocycles. The van der Waals surface area contributed by atoms with Gasteiger partial charge < -0.3 is 5.73 Å². The molecule has 106 valence electrons. The number of hydrogen-bond donors (Lipinski definition) is 2. The van der Waals surface area contributed by atoms with Gasteiger partial charge in [-0.25, -0.2) is 17.8 Å². The molecule has 0 saturated carbocycles. The number of rotatable bonds is 3. The van der Waals surface area contributed by atoms with E-state index in [0.29, 0.717) is 10.3 Å². The zero-order valence-electron chi connectivity index (χ0n) is 10.4. The quantitative estimate of drug-likeness (QED) is 0.651. The Morgan fingerprint density at radius 3 is 2.65 bits per heavy atom. The molecule has 0 bridgehead atoms. The van der Waals surface area contributed by atoms with E-state index in [-0.39, 0.29) is 10.6 Å². The molecule has 0 atom stereocenters. The molecule has 0 spiro atoms. The lowest BCUT2D eigenvalue weighted by Crippen LogP contribution is -2.15. The Bertz CT molecular complexity index is 765. The van der Waals surface area contributed by atoms with Crippen LogP contribution in [0, 0.1) is 12.7 Å². The van der Waals surface area contributed by atoms with E-state index < -0.39 is 15.8 Å². The van der Waals surface area contributed by atoms with Gasteiger partial charge >= 0.3 is 0 Å². The van der Waals surface area contributed by atoms with Crippen molar-refractivity contribution in [2.45, 2.75) is 11.8 Å². The summed E-state index contributed by atoms with van der Waals surface area (Å²) in [5, 5.41) is 0. The number of aromatic nitrogens is 1. The lowest BCUT2D eigenvalue weighted by Gasteiger charge is -2.10. The minimum Gasteiger partial charge on any atom is -0.398 e. The molecule has 0 fully saturated rings. The van der Waals surface area contributed by atoms with Gasteiger partial charge in [-0.1, -0.05) is 0 Å². The molecular weight excluding hydrogens is 349 g/mol. The maximum Gasteiger partial charge on any atom is 0.263 e. The number of hydrogen-bond acceptors (Lipinski definition) is 4. The summed E-state index contributed by atoms with van der Waals surface area (Å²) in [6.45, 7) is 1.78. The van der Waals surface area contributed by atoms with Crippen molar-refractivity contribution in [2.75, 3.05) is 10.5 Å². The number of halogens is 2. The number of nitrogens with zero attached hydrogens (tertiary/aromatic N) is 1. The highest BCUT2D eigenvalue weighted by Crippen LogP contribution is 2.23. The van der Waals surface area contributed by atoms with Gasteiger partial charge in [0.05, 0.1) is 17.6 Å². The molecule has 2 aromatic rings. The van der Waals surface area contributed by atoms with Crippen LogP contribution in [0.1, 0.15) is 5.56 Å². The minimum atomic E-state index is -3.89. The Balaban J connectivity index is 2.38. The van der Waals surface area contributed by atoms with Crippen molar-refractivity contribution in [1.82, 2.24) is 4.98 Å². The largest absolute Gasteiger partial charge is 0.398 e. The third-order valence-corrected chi connectivity index (χ3v) is 4.81. The summed E-state index contributed by atoms with van der Waals surface area (Å²) in [5.41, 5.74) is 6.46. The number of aryl methyl sites for hydroxylation is 1. The summed E-state index contributed by atoms with van der Waals surface area (Å²) in [6, 6.07) is 4.73. The summed E-state index contributed by atoms with van der Waals surface area (Å²) in [6.07, 6.45) is 1.37. The molecule has 0 aliphatic rings. The Morgan fingerprint density at radius 1 is 1.35 bits per heavy atom. The van der Waals surface area contributed by atoms with Crippen molar-refractivity contribution in [3.63, 3.8) is 0 Å². The molecule has 3 N–H and O–H groups in total. The molecule has 1 aromatic carbocycles. The van der Waals surface area contributed by atoms with E-state index in [0.717, 1.165) is 23.8 Å². The van der Waals surface area contributed by atoms with Gasteiger partial charge in [0.2, 0.25) is 0 Å². The van der Waals surface area contributed by atoms with E-state index in [9.17, 15) is 12.8 Å². The Hall–Kier alpha value is -1.67. The lowest BCUT2D eigenvalue weighted by molar-refractivity contribution is 0.600. The number of nitrogens with one attached hydrogen (secondary N) is 1. The van der Waals surface area contributed by atoms with Crippen LogP contribution in [0.15, 0.2) is 40.0 Å². The molecular formula is C12H11BrFN3O2S. The van der Waals surface area contributed by atoms with Crippen molar-refractivity contribution < 1.29 is 12.8 Å². The smallest absolute Gasteiger partial charge is 0.263 e. The van der Waals surface area contributed by atoms with E-state index in [1.807, 2.05) is 0 Å². The highest BCUT2D eigenvalue weighted by Gasteiger charge is 2.18. The summed E-state index contributed by atoms with van der Waals surface area (Å²) in [5.74, 6) is -0.595. The normalized spacial score (nSPS) is 11.3. The van der Waals surface area contributed by atoms with E-state index in [4.69, 9.17) is 5.73 Å². The molecule has 0 aliphatic carbocycles. The predicted octanol–water partition coefficient (Wildman–Crippen LogP) is 2.67. The second kappa shape index (κ2) is 5.37. The molecule has 0 aliphatic heterocycles. The van der Waals surface area contributed by atoms with Crippen LogP contribution < -0.4 is 10.5 Å². The summed E-state index contributed by atoms with van der Waals surface area (Å²) < 4.78 is 40.3. The number of anilines is 2. The molecule has 20 heavy (non-hydrogen) atoms. The SMILES string of the molecule is Cc1cc(NS(=O)(=O)c2ccc(F)cc2N)cnc1Br. The van der Waals surface area contributed by atoms with Gasteiger partial charge in [-0.05, 0) is 52.7 Å². The van der Waals surface area contributed by atoms with Crippen molar-refractivity contribution in [3.05, 3.63) is 46.4 Å². The predicted molar refractivity (Wildman–Crippen MR) is 78.3 cm³/mol. The molecule has 8 heteroatoms. The summed E-state index contributed by atoms with van der Waals surface area (Å²) >= 11 is 3.22. The van der Waals surface area contributed by atoms with Crippen LogP contribution in [-0.2, 0) is 10.0 Å². The standard InChI is InChI=1S/C12H11BrFN3O2S/c1-7-4-9(6-16-12(7)13)17-20(18,19)11-3-2-8(14)5-10(11)15/h2-6,17H,15H2,1H3. The molecule has 1 heterocycles. The first-order valence-electron chi connectivity index (χ1n) is 5.49. The second-order valence-electron chi connectivity index (χ2n) is 4.12.